The second-order valence-electron chi connectivity index (χ2n) is 3.92. The van der Waals surface area contributed by atoms with Gasteiger partial charge in [-0.2, -0.15) is 0 Å². The van der Waals surface area contributed by atoms with E-state index in [1.54, 1.807) is 12.1 Å². The van der Waals surface area contributed by atoms with Gasteiger partial charge >= 0.3 is 5.97 Å². The summed E-state index contributed by atoms with van der Waals surface area (Å²) in [6.07, 6.45) is 2.64. The molecule has 0 bridgehead atoms. The van der Waals surface area contributed by atoms with E-state index in [1.807, 2.05) is 0 Å². The Morgan fingerprint density at radius 3 is 2.12 bits per heavy atom. The Morgan fingerprint density at radius 1 is 0.941 bits per heavy atom. The van der Waals surface area contributed by atoms with Gasteiger partial charge in [-0.25, -0.2) is 0 Å². The zero-order valence-corrected chi connectivity index (χ0v) is 9.56. The van der Waals surface area contributed by atoms with Crippen molar-refractivity contribution in [1.29, 1.82) is 0 Å². The van der Waals surface area contributed by atoms with Gasteiger partial charge < -0.3 is 10.2 Å². The lowest BCUT2D eigenvalue weighted by Crippen LogP contribution is -1.99. The molecule has 0 radical (unpaired) electrons. The van der Waals surface area contributed by atoms with Crippen LogP contribution in [0.2, 0.25) is 0 Å². The summed E-state index contributed by atoms with van der Waals surface area (Å²) in [4.78, 5) is 21.9. The first-order chi connectivity index (χ1) is 8.09. The Labute approximate surface area is 99.9 Å². The molecule has 1 rings (SSSR count). The van der Waals surface area contributed by atoms with Crippen LogP contribution in [0.15, 0.2) is 24.3 Å². The number of carboxylic acid groups (broad SMARTS) is 1. The second-order valence-corrected chi connectivity index (χ2v) is 3.92. The number of unbranched alkanes of at least 4 members (excludes halogenated alkanes) is 2. The number of benzene rings is 1. The smallest absolute Gasteiger partial charge is 0.303 e. The number of carbonyl (C=O) groups is 2. The topological polar surface area (TPSA) is 74.6 Å². The Morgan fingerprint density at radius 2 is 1.53 bits per heavy atom. The first-order valence-corrected chi connectivity index (χ1v) is 5.63. The summed E-state index contributed by atoms with van der Waals surface area (Å²) in [5.74, 6) is -0.627. The molecule has 92 valence electrons. The predicted molar refractivity (Wildman–Crippen MR) is 63.2 cm³/mol. The molecule has 0 saturated carbocycles. The van der Waals surface area contributed by atoms with E-state index in [0.717, 1.165) is 6.42 Å². The van der Waals surface area contributed by atoms with Crippen LogP contribution in [0.25, 0.3) is 0 Å². The maximum absolute atomic E-state index is 11.7. The van der Waals surface area contributed by atoms with Crippen molar-refractivity contribution >= 4 is 11.8 Å². The number of carbonyl (C=O) groups excluding carboxylic acids is 1. The zero-order chi connectivity index (χ0) is 12.7. The third-order valence-electron chi connectivity index (χ3n) is 2.48. The number of phenolic OH excluding ortho intramolecular Hbond substituents is 1. The lowest BCUT2D eigenvalue weighted by molar-refractivity contribution is -0.137. The van der Waals surface area contributed by atoms with E-state index < -0.39 is 5.97 Å². The molecule has 4 heteroatoms. The number of hydrogen-bond acceptors (Lipinski definition) is 3. The van der Waals surface area contributed by atoms with E-state index in [9.17, 15) is 9.59 Å². The molecule has 0 amide bonds. The summed E-state index contributed by atoms with van der Waals surface area (Å²) < 4.78 is 0. The largest absolute Gasteiger partial charge is 0.508 e. The van der Waals surface area contributed by atoms with Gasteiger partial charge in [-0.05, 0) is 37.1 Å². The van der Waals surface area contributed by atoms with Crippen LogP contribution < -0.4 is 0 Å². The zero-order valence-electron chi connectivity index (χ0n) is 9.56. The Bertz CT molecular complexity index is 381. The molecule has 0 unspecified atom stereocenters. The minimum Gasteiger partial charge on any atom is -0.508 e. The highest BCUT2D eigenvalue weighted by atomic mass is 16.4. The lowest BCUT2D eigenvalue weighted by atomic mass is 10.0. The Hall–Kier alpha value is -1.84. The Kier molecular flexibility index (Phi) is 5.20. The normalized spacial score (nSPS) is 10.1. The molecular weight excluding hydrogens is 220 g/mol. The number of ketones is 1. The van der Waals surface area contributed by atoms with E-state index in [-0.39, 0.29) is 18.0 Å². The Balaban J connectivity index is 2.25. The molecule has 2 N–H and O–H groups in total. The molecule has 4 nitrogen and oxygen atoms in total. The first kappa shape index (κ1) is 13.2. The summed E-state index contributed by atoms with van der Waals surface area (Å²) >= 11 is 0. The van der Waals surface area contributed by atoms with Crippen LogP contribution in [0, 0.1) is 0 Å². The lowest BCUT2D eigenvalue weighted by Gasteiger charge is -2.01. The van der Waals surface area contributed by atoms with Crippen LogP contribution in [0.3, 0.4) is 0 Å². The predicted octanol–water partition coefficient (Wildman–Crippen LogP) is 2.61. The molecule has 0 fully saturated rings. The van der Waals surface area contributed by atoms with Crippen LogP contribution in [-0.2, 0) is 4.79 Å². The van der Waals surface area contributed by atoms with Gasteiger partial charge in [0, 0.05) is 18.4 Å². The summed E-state index contributed by atoms with van der Waals surface area (Å²) in [6, 6.07) is 6.15. The number of rotatable bonds is 7. The van der Waals surface area contributed by atoms with Gasteiger partial charge in [-0.15, -0.1) is 0 Å². The van der Waals surface area contributed by atoms with Crippen LogP contribution in [0.5, 0.6) is 5.75 Å². The van der Waals surface area contributed by atoms with Crippen LogP contribution >= 0.6 is 0 Å². The average Bonchev–Trinajstić information content (AvgIpc) is 2.29. The molecule has 0 aromatic heterocycles. The SMILES string of the molecule is O=C(O)CCCCCC(=O)c1ccc(O)cc1. The van der Waals surface area contributed by atoms with Gasteiger partial charge in [0.25, 0.3) is 0 Å². The molecular formula is C13H16O4. The molecule has 0 heterocycles. The monoisotopic (exact) mass is 236 g/mol. The maximum Gasteiger partial charge on any atom is 0.303 e. The van der Waals surface area contributed by atoms with Gasteiger partial charge in [0.15, 0.2) is 5.78 Å². The summed E-state index contributed by atoms with van der Waals surface area (Å²) in [5, 5.41) is 17.5. The van der Waals surface area contributed by atoms with E-state index in [0.29, 0.717) is 24.8 Å². The number of carboxylic acids is 1. The molecule has 0 aliphatic rings. The number of aromatic hydroxyl groups is 1. The minimum absolute atomic E-state index is 0.0281. The summed E-state index contributed by atoms with van der Waals surface area (Å²) in [6.45, 7) is 0. The maximum atomic E-state index is 11.7. The van der Waals surface area contributed by atoms with Crippen molar-refractivity contribution in [2.45, 2.75) is 32.1 Å². The van der Waals surface area contributed by atoms with Gasteiger partial charge in [-0.3, -0.25) is 9.59 Å². The highest BCUT2D eigenvalue weighted by Crippen LogP contribution is 2.13. The van der Waals surface area contributed by atoms with Crippen LogP contribution in [0.1, 0.15) is 42.5 Å². The summed E-state index contributed by atoms with van der Waals surface area (Å²) in [7, 11) is 0. The highest BCUT2D eigenvalue weighted by Gasteiger charge is 2.05. The van der Waals surface area contributed by atoms with E-state index in [1.165, 1.54) is 12.1 Å². The molecule has 1 aromatic carbocycles. The molecule has 0 aliphatic heterocycles. The molecule has 1 aromatic rings. The highest BCUT2D eigenvalue weighted by molar-refractivity contribution is 5.96. The second kappa shape index (κ2) is 6.68. The van der Waals surface area contributed by atoms with Crippen molar-refractivity contribution in [3.05, 3.63) is 29.8 Å². The van der Waals surface area contributed by atoms with Gasteiger partial charge in [0.1, 0.15) is 5.75 Å². The number of phenols is 1. The van der Waals surface area contributed by atoms with E-state index >= 15 is 0 Å². The van der Waals surface area contributed by atoms with Crippen LogP contribution in [-0.4, -0.2) is 22.0 Å². The molecule has 0 spiro atoms. The van der Waals surface area contributed by atoms with Crippen molar-refractivity contribution in [3.63, 3.8) is 0 Å². The fourth-order valence-electron chi connectivity index (χ4n) is 1.53. The quantitative estimate of drug-likeness (QED) is 0.563. The van der Waals surface area contributed by atoms with Crippen molar-refractivity contribution in [2.75, 3.05) is 0 Å². The van der Waals surface area contributed by atoms with Crippen LogP contribution in [0.4, 0.5) is 0 Å². The van der Waals surface area contributed by atoms with Gasteiger partial charge in [0.2, 0.25) is 0 Å². The standard InChI is InChI=1S/C13H16O4/c14-11-8-6-10(7-9-11)12(15)4-2-1-3-5-13(16)17/h6-9,14H,1-5H2,(H,16,17). The van der Waals surface area contributed by atoms with Crippen molar-refractivity contribution < 1.29 is 19.8 Å². The van der Waals surface area contributed by atoms with Crippen molar-refractivity contribution in [1.82, 2.24) is 0 Å². The fourth-order valence-corrected chi connectivity index (χ4v) is 1.53. The first-order valence-electron chi connectivity index (χ1n) is 5.63. The van der Waals surface area contributed by atoms with Gasteiger partial charge in [-0.1, -0.05) is 6.42 Å². The van der Waals surface area contributed by atoms with E-state index in [2.05, 4.69) is 0 Å². The van der Waals surface area contributed by atoms with E-state index in [4.69, 9.17) is 10.2 Å². The number of hydrogen-bond donors (Lipinski definition) is 2. The number of Topliss-reactive ketones (excluding diaryl/α,β-unsaturated/α-hetero) is 1. The van der Waals surface area contributed by atoms with Crippen molar-refractivity contribution in [3.8, 4) is 5.75 Å². The van der Waals surface area contributed by atoms with Gasteiger partial charge in [0.05, 0.1) is 0 Å². The molecule has 0 atom stereocenters. The average molecular weight is 236 g/mol. The molecule has 0 saturated heterocycles. The third-order valence-corrected chi connectivity index (χ3v) is 2.48. The summed E-state index contributed by atoms with van der Waals surface area (Å²) in [5.41, 5.74) is 0.584. The molecule has 0 aliphatic carbocycles. The third kappa shape index (κ3) is 5.15. The fraction of sp³-hybridized carbons (Fsp3) is 0.385. The molecule has 17 heavy (non-hydrogen) atoms. The number of aliphatic carboxylic acids is 1. The van der Waals surface area contributed by atoms with Crippen molar-refractivity contribution in [2.24, 2.45) is 0 Å². The minimum atomic E-state index is -0.796.